The van der Waals surface area contributed by atoms with Gasteiger partial charge in [0.1, 0.15) is 5.82 Å². The van der Waals surface area contributed by atoms with E-state index < -0.39 is 17.3 Å². The molecule has 1 aromatic carbocycles. The lowest BCUT2D eigenvalue weighted by Crippen LogP contribution is -2.37. The van der Waals surface area contributed by atoms with Crippen LogP contribution in [0.25, 0.3) is 0 Å². The van der Waals surface area contributed by atoms with E-state index in [9.17, 15) is 9.18 Å². The maximum absolute atomic E-state index is 13.6. The van der Waals surface area contributed by atoms with Gasteiger partial charge in [-0.2, -0.15) is 0 Å². The van der Waals surface area contributed by atoms with Crippen molar-refractivity contribution in [2.24, 2.45) is 5.73 Å². The minimum Gasteiger partial charge on any atom is -0.466 e. The van der Waals surface area contributed by atoms with Crippen molar-refractivity contribution in [1.82, 2.24) is 0 Å². The smallest absolute Gasteiger partial charge is 0.307 e. The van der Waals surface area contributed by atoms with E-state index >= 15 is 0 Å². The molecule has 1 unspecified atom stereocenters. The van der Waals surface area contributed by atoms with Crippen molar-refractivity contribution >= 4 is 21.9 Å². The molecule has 17 heavy (non-hydrogen) atoms. The monoisotopic (exact) mass is 303 g/mol. The molecule has 1 aromatic rings. The minimum atomic E-state index is -1.08. The molecule has 0 amide bonds. The Kier molecular flexibility index (Phi) is 4.65. The van der Waals surface area contributed by atoms with Crippen molar-refractivity contribution in [2.45, 2.75) is 25.8 Å². The number of halogens is 2. The second kappa shape index (κ2) is 5.60. The van der Waals surface area contributed by atoms with Gasteiger partial charge in [0, 0.05) is 10.0 Å². The molecule has 0 fully saturated rings. The molecule has 94 valence electrons. The number of nitrogens with two attached hydrogens (primary N) is 1. The topological polar surface area (TPSA) is 52.3 Å². The molecule has 0 heterocycles. The summed E-state index contributed by atoms with van der Waals surface area (Å²) in [5, 5.41) is 0. The first-order chi connectivity index (χ1) is 7.86. The van der Waals surface area contributed by atoms with Gasteiger partial charge in [-0.3, -0.25) is 4.79 Å². The Morgan fingerprint density at radius 2 is 2.24 bits per heavy atom. The standard InChI is InChI=1S/C12H15BrFNO2/c1-3-17-11(16)7-12(2,15)9-6-8(13)4-5-10(9)14/h4-6H,3,7,15H2,1-2H3. The van der Waals surface area contributed by atoms with Crippen LogP contribution in [-0.4, -0.2) is 12.6 Å². The van der Waals surface area contributed by atoms with Gasteiger partial charge in [0.15, 0.2) is 0 Å². The number of ether oxygens (including phenoxy) is 1. The highest BCUT2D eigenvalue weighted by molar-refractivity contribution is 9.10. The van der Waals surface area contributed by atoms with E-state index in [-0.39, 0.29) is 13.0 Å². The van der Waals surface area contributed by atoms with Crippen LogP contribution >= 0.6 is 15.9 Å². The molecule has 0 aliphatic rings. The van der Waals surface area contributed by atoms with Crippen molar-refractivity contribution < 1.29 is 13.9 Å². The lowest BCUT2D eigenvalue weighted by molar-refractivity contribution is -0.144. The second-order valence-corrected chi connectivity index (χ2v) is 4.94. The summed E-state index contributed by atoms with van der Waals surface area (Å²) in [6, 6.07) is 4.48. The van der Waals surface area contributed by atoms with Gasteiger partial charge in [0.25, 0.3) is 0 Å². The molecule has 0 aromatic heterocycles. The van der Waals surface area contributed by atoms with Crippen molar-refractivity contribution in [1.29, 1.82) is 0 Å². The fourth-order valence-electron chi connectivity index (χ4n) is 1.54. The van der Waals surface area contributed by atoms with E-state index in [0.29, 0.717) is 5.56 Å². The number of carbonyl (C=O) groups excluding carboxylic acids is 1. The predicted octanol–water partition coefficient (Wildman–Crippen LogP) is 2.72. The third-order valence-corrected chi connectivity index (χ3v) is 2.85. The highest BCUT2D eigenvalue weighted by Gasteiger charge is 2.28. The zero-order valence-corrected chi connectivity index (χ0v) is 11.4. The summed E-state index contributed by atoms with van der Waals surface area (Å²) in [6.07, 6.45) is -0.0613. The van der Waals surface area contributed by atoms with Gasteiger partial charge in [-0.05, 0) is 32.0 Å². The fourth-order valence-corrected chi connectivity index (χ4v) is 1.90. The quantitative estimate of drug-likeness (QED) is 0.870. The Labute approximate surface area is 108 Å². The zero-order chi connectivity index (χ0) is 13.1. The first kappa shape index (κ1) is 14.1. The Morgan fingerprint density at radius 3 is 2.82 bits per heavy atom. The number of hydrogen-bond acceptors (Lipinski definition) is 3. The van der Waals surface area contributed by atoms with Gasteiger partial charge in [0.2, 0.25) is 0 Å². The van der Waals surface area contributed by atoms with Crippen LogP contribution in [0.4, 0.5) is 4.39 Å². The van der Waals surface area contributed by atoms with Gasteiger partial charge < -0.3 is 10.5 Å². The molecule has 0 bridgehead atoms. The molecule has 1 atom stereocenters. The van der Waals surface area contributed by atoms with Crippen LogP contribution in [0.5, 0.6) is 0 Å². The molecule has 0 saturated heterocycles. The van der Waals surface area contributed by atoms with Gasteiger partial charge in [-0.15, -0.1) is 0 Å². The summed E-state index contributed by atoms with van der Waals surface area (Å²) >= 11 is 3.25. The lowest BCUT2D eigenvalue weighted by Gasteiger charge is -2.24. The van der Waals surface area contributed by atoms with Crippen LogP contribution in [0.3, 0.4) is 0 Å². The maximum Gasteiger partial charge on any atom is 0.307 e. The third-order valence-electron chi connectivity index (χ3n) is 2.36. The number of esters is 1. The summed E-state index contributed by atoms with van der Waals surface area (Å²) in [7, 11) is 0. The van der Waals surface area contributed by atoms with Crippen molar-refractivity contribution in [3.05, 3.63) is 34.1 Å². The number of hydrogen-bond donors (Lipinski definition) is 1. The molecule has 0 saturated carbocycles. The summed E-state index contributed by atoms with van der Waals surface area (Å²) in [5.74, 6) is -0.862. The Balaban J connectivity index is 2.95. The molecule has 1 rings (SSSR count). The average Bonchev–Trinajstić information content (AvgIpc) is 2.21. The molecular formula is C12H15BrFNO2. The summed E-state index contributed by atoms with van der Waals surface area (Å²) in [5.41, 5.74) is 5.19. The van der Waals surface area contributed by atoms with E-state index in [4.69, 9.17) is 10.5 Å². The number of benzene rings is 1. The molecule has 0 spiro atoms. The minimum absolute atomic E-state index is 0.0613. The SMILES string of the molecule is CCOC(=O)CC(C)(N)c1cc(Br)ccc1F. The fraction of sp³-hybridized carbons (Fsp3) is 0.417. The van der Waals surface area contributed by atoms with Crippen LogP contribution in [0.2, 0.25) is 0 Å². The number of carbonyl (C=O) groups is 1. The molecule has 0 radical (unpaired) electrons. The van der Waals surface area contributed by atoms with Gasteiger partial charge in [0.05, 0.1) is 18.6 Å². The lowest BCUT2D eigenvalue weighted by atomic mass is 9.89. The average molecular weight is 304 g/mol. The summed E-state index contributed by atoms with van der Waals surface area (Å²) in [6.45, 7) is 3.61. The second-order valence-electron chi connectivity index (χ2n) is 4.02. The Bertz CT molecular complexity index is 421. The van der Waals surface area contributed by atoms with E-state index in [1.165, 1.54) is 6.07 Å². The summed E-state index contributed by atoms with van der Waals surface area (Å²) < 4.78 is 19.2. The van der Waals surface area contributed by atoms with Crippen LogP contribution in [0.15, 0.2) is 22.7 Å². The van der Waals surface area contributed by atoms with Crippen molar-refractivity contribution in [2.75, 3.05) is 6.61 Å². The highest BCUT2D eigenvalue weighted by atomic mass is 79.9. The van der Waals surface area contributed by atoms with E-state index in [1.54, 1.807) is 26.0 Å². The Morgan fingerprint density at radius 1 is 1.59 bits per heavy atom. The largest absolute Gasteiger partial charge is 0.466 e. The third kappa shape index (κ3) is 3.78. The summed E-state index contributed by atoms with van der Waals surface area (Å²) in [4.78, 5) is 11.4. The van der Waals surface area contributed by atoms with E-state index in [0.717, 1.165) is 4.47 Å². The Hall–Kier alpha value is -0.940. The molecule has 2 N–H and O–H groups in total. The maximum atomic E-state index is 13.6. The molecule has 3 nitrogen and oxygen atoms in total. The van der Waals surface area contributed by atoms with Crippen LogP contribution < -0.4 is 5.73 Å². The molecular weight excluding hydrogens is 289 g/mol. The normalized spacial score (nSPS) is 14.2. The van der Waals surface area contributed by atoms with Gasteiger partial charge in [-0.25, -0.2) is 4.39 Å². The molecule has 5 heteroatoms. The van der Waals surface area contributed by atoms with Crippen molar-refractivity contribution in [3.63, 3.8) is 0 Å². The van der Waals surface area contributed by atoms with Crippen LogP contribution in [0.1, 0.15) is 25.8 Å². The first-order valence-electron chi connectivity index (χ1n) is 5.27. The first-order valence-corrected chi connectivity index (χ1v) is 6.06. The van der Waals surface area contributed by atoms with E-state index in [1.807, 2.05) is 0 Å². The van der Waals surface area contributed by atoms with Crippen molar-refractivity contribution in [3.8, 4) is 0 Å². The number of rotatable bonds is 4. The molecule has 0 aliphatic heterocycles. The highest BCUT2D eigenvalue weighted by Crippen LogP contribution is 2.27. The van der Waals surface area contributed by atoms with E-state index in [2.05, 4.69) is 15.9 Å². The van der Waals surface area contributed by atoms with Gasteiger partial charge >= 0.3 is 5.97 Å². The predicted molar refractivity (Wildman–Crippen MR) is 66.9 cm³/mol. The van der Waals surface area contributed by atoms with Crippen LogP contribution in [-0.2, 0) is 15.1 Å². The van der Waals surface area contributed by atoms with Gasteiger partial charge in [-0.1, -0.05) is 15.9 Å². The zero-order valence-electron chi connectivity index (χ0n) is 9.80. The molecule has 0 aliphatic carbocycles. The van der Waals surface area contributed by atoms with Crippen LogP contribution in [0, 0.1) is 5.82 Å².